The largest absolute Gasteiger partial charge is 0.350 e. The molecule has 1 heterocycles. The van der Waals surface area contributed by atoms with Crippen molar-refractivity contribution in [3.63, 3.8) is 0 Å². The molecule has 2 aromatic rings. The Bertz CT molecular complexity index is 683. The average molecular weight is 352 g/mol. The zero-order valence-corrected chi connectivity index (χ0v) is 14.5. The molecule has 2 amide bonds. The third kappa shape index (κ3) is 5.65. The molecular weight excluding hydrogens is 334 g/mol. The molecule has 0 aliphatic heterocycles. The van der Waals surface area contributed by atoms with Crippen LogP contribution in [0.5, 0.6) is 0 Å². The lowest BCUT2D eigenvalue weighted by Gasteiger charge is -2.05. The maximum atomic E-state index is 12.0. The van der Waals surface area contributed by atoms with Gasteiger partial charge in [-0.2, -0.15) is 0 Å². The Hall–Kier alpha value is -1.92. The molecule has 5 nitrogen and oxygen atoms in total. The van der Waals surface area contributed by atoms with Crippen molar-refractivity contribution in [1.82, 2.24) is 10.3 Å². The Kier molecular flexibility index (Phi) is 6.12. The molecule has 2 rings (SSSR count). The fraction of sp³-hybridized carbons (Fsp3) is 0.312. The summed E-state index contributed by atoms with van der Waals surface area (Å²) in [5, 5.41) is 8.17. The van der Waals surface area contributed by atoms with Crippen LogP contribution in [0.3, 0.4) is 0 Å². The molecule has 0 fully saturated rings. The lowest BCUT2D eigenvalue weighted by atomic mass is 10.1. The molecule has 2 N–H and O–H groups in total. The minimum absolute atomic E-state index is 0.184. The third-order valence-corrected chi connectivity index (χ3v) is 3.94. The normalized spacial score (nSPS) is 10.6. The Balaban J connectivity index is 1.89. The number of halogens is 1. The lowest BCUT2D eigenvalue weighted by molar-refractivity contribution is -0.115. The first kappa shape index (κ1) is 17.4. The number of amides is 2. The predicted molar refractivity (Wildman–Crippen MR) is 93.1 cm³/mol. The van der Waals surface area contributed by atoms with Crippen LogP contribution in [0.25, 0.3) is 0 Å². The smallest absolute Gasteiger partial charge is 0.270 e. The van der Waals surface area contributed by atoms with Crippen molar-refractivity contribution in [2.24, 2.45) is 5.92 Å². The molecule has 0 atom stereocenters. The van der Waals surface area contributed by atoms with Gasteiger partial charge in [-0.3, -0.25) is 9.59 Å². The first-order chi connectivity index (χ1) is 10.9. The van der Waals surface area contributed by atoms with Crippen LogP contribution >= 0.6 is 22.9 Å². The van der Waals surface area contributed by atoms with Gasteiger partial charge < -0.3 is 10.6 Å². The molecule has 0 bridgehead atoms. The number of carbonyl (C=O) groups excluding carboxylic acids is 2. The van der Waals surface area contributed by atoms with Gasteiger partial charge in [0.1, 0.15) is 5.69 Å². The summed E-state index contributed by atoms with van der Waals surface area (Å²) in [7, 11) is 0. The Labute approximate surface area is 144 Å². The highest BCUT2D eigenvalue weighted by Gasteiger charge is 2.12. The maximum Gasteiger partial charge on any atom is 0.270 e. The van der Waals surface area contributed by atoms with E-state index in [0.717, 1.165) is 5.56 Å². The number of hydrogen-bond donors (Lipinski definition) is 2. The van der Waals surface area contributed by atoms with Gasteiger partial charge in [-0.1, -0.05) is 37.6 Å². The summed E-state index contributed by atoms with van der Waals surface area (Å²) in [6.45, 7) is 4.63. The van der Waals surface area contributed by atoms with Gasteiger partial charge in [-0.05, 0) is 23.6 Å². The van der Waals surface area contributed by atoms with Gasteiger partial charge in [0, 0.05) is 16.9 Å². The summed E-state index contributed by atoms with van der Waals surface area (Å²) in [5.74, 6) is -0.0416. The second-order valence-corrected chi connectivity index (χ2v) is 6.79. The maximum absolute atomic E-state index is 12.0. The molecule has 1 aromatic heterocycles. The lowest BCUT2D eigenvalue weighted by Crippen LogP contribution is -2.27. The molecule has 0 saturated heterocycles. The molecule has 122 valence electrons. The fourth-order valence-corrected chi connectivity index (χ4v) is 2.61. The second-order valence-electron chi connectivity index (χ2n) is 5.49. The number of hydrogen-bond acceptors (Lipinski definition) is 4. The van der Waals surface area contributed by atoms with E-state index < -0.39 is 0 Å². The third-order valence-electron chi connectivity index (χ3n) is 2.93. The number of anilines is 1. The molecule has 7 heteroatoms. The molecule has 0 aliphatic rings. The van der Waals surface area contributed by atoms with Crippen LogP contribution in [0.1, 0.15) is 29.9 Å². The molecule has 1 aromatic carbocycles. The second kappa shape index (κ2) is 8.08. The summed E-state index contributed by atoms with van der Waals surface area (Å²) in [5.41, 5.74) is 1.18. The van der Waals surface area contributed by atoms with Crippen LogP contribution in [0.4, 0.5) is 5.13 Å². The zero-order valence-electron chi connectivity index (χ0n) is 12.9. The van der Waals surface area contributed by atoms with Gasteiger partial charge in [0.15, 0.2) is 5.13 Å². The van der Waals surface area contributed by atoms with E-state index in [2.05, 4.69) is 15.6 Å². The molecule has 0 radical (unpaired) electrons. The van der Waals surface area contributed by atoms with E-state index in [1.807, 2.05) is 13.8 Å². The number of thiazole rings is 1. The van der Waals surface area contributed by atoms with E-state index >= 15 is 0 Å². The van der Waals surface area contributed by atoms with Gasteiger partial charge in [0.25, 0.3) is 5.91 Å². The number of aromatic nitrogens is 1. The minimum Gasteiger partial charge on any atom is -0.350 e. The monoisotopic (exact) mass is 351 g/mol. The Morgan fingerprint density at radius 2 is 1.96 bits per heavy atom. The van der Waals surface area contributed by atoms with Crippen molar-refractivity contribution in [2.75, 3.05) is 11.9 Å². The van der Waals surface area contributed by atoms with Crippen LogP contribution in [0, 0.1) is 5.92 Å². The van der Waals surface area contributed by atoms with Crippen molar-refractivity contribution >= 4 is 39.9 Å². The number of carbonyl (C=O) groups is 2. The summed E-state index contributed by atoms with van der Waals surface area (Å²) < 4.78 is 0. The van der Waals surface area contributed by atoms with Gasteiger partial charge in [0.2, 0.25) is 5.91 Å². The van der Waals surface area contributed by atoms with Crippen LogP contribution < -0.4 is 10.6 Å². The van der Waals surface area contributed by atoms with Gasteiger partial charge in [-0.15, -0.1) is 11.3 Å². The molecule has 23 heavy (non-hydrogen) atoms. The van der Waals surface area contributed by atoms with E-state index in [1.165, 1.54) is 11.3 Å². The standard InChI is InChI=1S/C16H18ClN3O2S/c1-10(2)8-18-15(22)13-9-23-16(19-13)20-14(21)7-11-3-5-12(17)6-4-11/h3-6,9-10H,7-8H2,1-2H3,(H,18,22)(H,19,20,21). The van der Waals surface area contributed by atoms with Gasteiger partial charge >= 0.3 is 0 Å². The Morgan fingerprint density at radius 3 is 2.61 bits per heavy atom. The van der Waals surface area contributed by atoms with Crippen molar-refractivity contribution in [2.45, 2.75) is 20.3 Å². The first-order valence-electron chi connectivity index (χ1n) is 7.22. The van der Waals surface area contributed by atoms with E-state index in [9.17, 15) is 9.59 Å². The average Bonchev–Trinajstić information content (AvgIpc) is 2.95. The van der Waals surface area contributed by atoms with Crippen LogP contribution in [-0.2, 0) is 11.2 Å². The zero-order chi connectivity index (χ0) is 16.8. The van der Waals surface area contributed by atoms with E-state index in [1.54, 1.807) is 29.6 Å². The SMILES string of the molecule is CC(C)CNC(=O)c1csc(NC(=O)Cc2ccc(Cl)cc2)n1. The number of benzene rings is 1. The van der Waals surface area contributed by atoms with Crippen LogP contribution in [0.15, 0.2) is 29.6 Å². The molecule has 0 saturated carbocycles. The van der Waals surface area contributed by atoms with Crippen molar-refractivity contribution in [3.05, 3.63) is 45.9 Å². The predicted octanol–water partition coefficient (Wildman–Crippen LogP) is 3.36. The van der Waals surface area contributed by atoms with Gasteiger partial charge in [-0.25, -0.2) is 4.98 Å². The minimum atomic E-state index is -0.229. The summed E-state index contributed by atoms with van der Waals surface area (Å²) >= 11 is 7.04. The van der Waals surface area contributed by atoms with Crippen LogP contribution in [0.2, 0.25) is 5.02 Å². The summed E-state index contributed by atoms with van der Waals surface area (Å²) in [4.78, 5) is 28.0. The van der Waals surface area contributed by atoms with Crippen molar-refractivity contribution in [1.29, 1.82) is 0 Å². The molecule has 0 spiro atoms. The van der Waals surface area contributed by atoms with E-state index in [4.69, 9.17) is 11.6 Å². The van der Waals surface area contributed by atoms with E-state index in [0.29, 0.717) is 28.3 Å². The highest BCUT2D eigenvalue weighted by atomic mass is 35.5. The molecule has 0 aliphatic carbocycles. The highest BCUT2D eigenvalue weighted by molar-refractivity contribution is 7.14. The van der Waals surface area contributed by atoms with Crippen molar-refractivity contribution in [3.8, 4) is 0 Å². The Morgan fingerprint density at radius 1 is 1.26 bits per heavy atom. The number of nitrogens with zero attached hydrogens (tertiary/aromatic N) is 1. The topological polar surface area (TPSA) is 71.1 Å². The van der Waals surface area contributed by atoms with Gasteiger partial charge in [0.05, 0.1) is 6.42 Å². The van der Waals surface area contributed by atoms with E-state index in [-0.39, 0.29) is 18.2 Å². The summed E-state index contributed by atoms with van der Waals surface area (Å²) in [6.07, 6.45) is 0.228. The van der Waals surface area contributed by atoms with Crippen LogP contribution in [-0.4, -0.2) is 23.3 Å². The highest BCUT2D eigenvalue weighted by Crippen LogP contribution is 2.16. The summed E-state index contributed by atoms with van der Waals surface area (Å²) in [6, 6.07) is 7.08. The first-order valence-corrected chi connectivity index (χ1v) is 8.48. The number of nitrogens with one attached hydrogen (secondary N) is 2. The number of rotatable bonds is 6. The molecular formula is C16H18ClN3O2S. The fourth-order valence-electron chi connectivity index (χ4n) is 1.77. The quantitative estimate of drug-likeness (QED) is 0.838. The molecule has 0 unspecified atom stereocenters. The van der Waals surface area contributed by atoms with Crippen molar-refractivity contribution < 1.29 is 9.59 Å².